The van der Waals surface area contributed by atoms with E-state index in [1.807, 2.05) is 0 Å². The van der Waals surface area contributed by atoms with E-state index in [1.54, 1.807) is 0 Å². The highest BCUT2D eigenvalue weighted by molar-refractivity contribution is 8.13. The van der Waals surface area contributed by atoms with Crippen LogP contribution in [-0.4, -0.2) is 20.0 Å². The summed E-state index contributed by atoms with van der Waals surface area (Å²) < 4.78 is 55.0. The summed E-state index contributed by atoms with van der Waals surface area (Å²) in [5.41, 5.74) is -0.144. The number of ether oxygens (including phenoxy) is 1. The lowest BCUT2D eigenvalue weighted by Crippen LogP contribution is -2.02. The van der Waals surface area contributed by atoms with Crippen molar-refractivity contribution >= 4 is 30.8 Å². The van der Waals surface area contributed by atoms with E-state index in [2.05, 4.69) is 9.72 Å². The van der Waals surface area contributed by atoms with Gasteiger partial charge in [0.05, 0.1) is 0 Å². The van der Waals surface area contributed by atoms with Crippen LogP contribution in [0.5, 0.6) is 5.75 Å². The normalized spacial score (nSPS) is 12.2. The van der Waals surface area contributed by atoms with Crippen molar-refractivity contribution in [1.82, 2.24) is 4.98 Å². The van der Waals surface area contributed by atoms with Crippen LogP contribution in [0.1, 0.15) is 0 Å². The van der Waals surface area contributed by atoms with Crippen LogP contribution in [0.2, 0.25) is 0 Å². The average Bonchev–Trinajstić information content (AvgIpc) is 2.60. The number of rotatable bonds is 3. The zero-order valence-corrected chi connectivity index (χ0v) is 9.50. The van der Waals surface area contributed by atoms with Gasteiger partial charge in [0.25, 0.3) is 0 Å². The minimum atomic E-state index is -4.16. The van der Waals surface area contributed by atoms with E-state index in [0.29, 0.717) is 0 Å². The van der Waals surface area contributed by atoms with E-state index in [-0.39, 0.29) is 16.8 Å². The van der Waals surface area contributed by atoms with Crippen LogP contribution < -0.4 is 4.74 Å². The number of fused-ring (bicyclic) bond motifs is 1. The average molecular weight is 284 g/mol. The molecule has 0 fully saturated rings. The maximum absolute atomic E-state index is 12.1. The van der Waals surface area contributed by atoms with Crippen LogP contribution in [-0.2, 0) is 9.05 Å². The van der Waals surface area contributed by atoms with Crippen LogP contribution in [0.25, 0.3) is 11.1 Å². The molecule has 0 amide bonds. The summed E-state index contributed by atoms with van der Waals surface area (Å²) >= 11 is 0. The highest BCUT2D eigenvalue weighted by atomic mass is 35.7. The number of nitrogens with zero attached hydrogens (tertiary/aromatic N) is 1. The Kier molecular flexibility index (Phi) is 2.92. The SMILES string of the molecule is O=S(=O)(Cl)c1nc2c(OC(F)F)cccc2o1. The van der Waals surface area contributed by atoms with Crippen LogP contribution in [0.15, 0.2) is 27.8 Å². The van der Waals surface area contributed by atoms with E-state index in [0.717, 1.165) is 0 Å². The second-order valence-corrected chi connectivity index (χ2v) is 5.34. The molecule has 17 heavy (non-hydrogen) atoms. The number of hydrogen-bond acceptors (Lipinski definition) is 5. The molecule has 92 valence electrons. The predicted molar refractivity (Wildman–Crippen MR) is 53.7 cm³/mol. The molecule has 0 saturated carbocycles. The van der Waals surface area contributed by atoms with Crippen molar-refractivity contribution in [3.8, 4) is 5.75 Å². The summed E-state index contributed by atoms with van der Waals surface area (Å²) in [6, 6.07) is 3.92. The molecule has 0 bridgehead atoms. The molecule has 0 unspecified atom stereocenters. The lowest BCUT2D eigenvalue weighted by Gasteiger charge is -2.02. The van der Waals surface area contributed by atoms with E-state index in [1.165, 1.54) is 18.2 Å². The van der Waals surface area contributed by atoms with Gasteiger partial charge in [-0.3, -0.25) is 0 Å². The molecule has 9 heteroatoms. The van der Waals surface area contributed by atoms with Gasteiger partial charge < -0.3 is 9.15 Å². The Balaban J connectivity index is 2.61. The molecule has 2 rings (SSSR count). The topological polar surface area (TPSA) is 69.4 Å². The van der Waals surface area contributed by atoms with Gasteiger partial charge in [0.15, 0.2) is 16.8 Å². The Morgan fingerprint density at radius 2 is 2.12 bits per heavy atom. The van der Waals surface area contributed by atoms with Crippen molar-refractivity contribution < 1.29 is 26.4 Å². The van der Waals surface area contributed by atoms with Crippen LogP contribution in [0, 0.1) is 0 Å². The molecule has 0 spiro atoms. The van der Waals surface area contributed by atoms with Gasteiger partial charge in [-0.2, -0.15) is 13.8 Å². The Morgan fingerprint density at radius 1 is 1.41 bits per heavy atom. The minimum absolute atomic E-state index is 0.0117. The zero-order chi connectivity index (χ0) is 12.6. The zero-order valence-electron chi connectivity index (χ0n) is 7.93. The van der Waals surface area contributed by atoms with Gasteiger partial charge in [-0.15, -0.1) is 0 Å². The fraction of sp³-hybridized carbons (Fsp3) is 0.125. The summed E-state index contributed by atoms with van der Waals surface area (Å²) in [6.07, 6.45) is 0. The molecule has 0 radical (unpaired) electrons. The molecule has 2 aromatic rings. The molecule has 1 aromatic carbocycles. The van der Waals surface area contributed by atoms with Gasteiger partial charge in [0.1, 0.15) is 0 Å². The van der Waals surface area contributed by atoms with Crippen LogP contribution in [0.3, 0.4) is 0 Å². The summed E-state index contributed by atoms with van der Waals surface area (Å²) in [5, 5.41) is -0.764. The Hall–Kier alpha value is -1.41. The standard InChI is InChI=1S/C8H4ClF2NO4S/c9-17(13,14)8-12-6-4(15-7(10)11)2-1-3-5(6)16-8/h1-3,7H. The molecule has 0 aliphatic heterocycles. The van der Waals surface area contributed by atoms with Gasteiger partial charge in [-0.25, -0.2) is 8.42 Å². The second kappa shape index (κ2) is 4.11. The third-order valence-electron chi connectivity index (χ3n) is 1.79. The van der Waals surface area contributed by atoms with Crippen molar-refractivity contribution in [2.24, 2.45) is 0 Å². The minimum Gasteiger partial charge on any atom is -0.432 e. The number of alkyl halides is 2. The maximum atomic E-state index is 12.1. The quantitative estimate of drug-likeness (QED) is 0.809. The Bertz CT molecular complexity index is 655. The van der Waals surface area contributed by atoms with Gasteiger partial charge in [-0.05, 0) is 12.1 Å². The summed E-state index contributed by atoms with van der Waals surface area (Å²) in [6.45, 7) is -3.05. The molecular weight excluding hydrogens is 280 g/mol. The van der Waals surface area contributed by atoms with Crippen molar-refractivity contribution in [3.05, 3.63) is 18.2 Å². The van der Waals surface area contributed by atoms with Crippen molar-refractivity contribution in [2.75, 3.05) is 0 Å². The molecular formula is C8H4ClF2NO4S. The van der Waals surface area contributed by atoms with Gasteiger partial charge in [0.2, 0.25) is 0 Å². The first-order valence-corrected chi connectivity index (χ1v) is 6.48. The fourth-order valence-electron chi connectivity index (χ4n) is 1.20. The van der Waals surface area contributed by atoms with E-state index in [9.17, 15) is 17.2 Å². The van der Waals surface area contributed by atoms with E-state index >= 15 is 0 Å². The van der Waals surface area contributed by atoms with Crippen molar-refractivity contribution in [3.63, 3.8) is 0 Å². The largest absolute Gasteiger partial charge is 0.432 e. The highest BCUT2D eigenvalue weighted by Gasteiger charge is 2.21. The molecule has 1 heterocycles. The predicted octanol–water partition coefficient (Wildman–Crippen LogP) is 2.36. The molecule has 0 saturated heterocycles. The first kappa shape index (κ1) is 12.1. The van der Waals surface area contributed by atoms with Crippen molar-refractivity contribution in [1.29, 1.82) is 0 Å². The van der Waals surface area contributed by atoms with Crippen molar-refractivity contribution in [2.45, 2.75) is 11.8 Å². The number of benzene rings is 1. The summed E-state index contributed by atoms with van der Waals surface area (Å²) in [5.74, 6) is -0.284. The number of aromatic nitrogens is 1. The van der Waals surface area contributed by atoms with Gasteiger partial charge in [-0.1, -0.05) is 6.07 Å². The molecule has 0 aliphatic carbocycles. The number of oxazole rings is 1. The van der Waals surface area contributed by atoms with Gasteiger partial charge in [0, 0.05) is 10.7 Å². The maximum Gasteiger partial charge on any atom is 0.387 e. The molecule has 0 N–H and O–H groups in total. The number of para-hydroxylation sites is 1. The lowest BCUT2D eigenvalue weighted by atomic mass is 10.3. The lowest BCUT2D eigenvalue weighted by molar-refractivity contribution is -0.0489. The van der Waals surface area contributed by atoms with E-state index < -0.39 is 20.9 Å². The van der Waals surface area contributed by atoms with Crippen LogP contribution in [0.4, 0.5) is 8.78 Å². The fourth-order valence-corrected chi connectivity index (χ4v) is 1.79. The third kappa shape index (κ3) is 2.47. The summed E-state index contributed by atoms with van der Waals surface area (Å²) in [4.78, 5) is 3.49. The molecule has 5 nitrogen and oxygen atoms in total. The monoisotopic (exact) mass is 283 g/mol. The number of hydrogen-bond donors (Lipinski definition) is 0. The Labute approximate surface area is 98.4 Å². The Morgan fingerprint density at radius 3 is 2.71 bits per heavy atom. The third-order valence-corrected chi connectivity index (χ3v) is 2.77. The summed E-state index contributed by atoms with van der Waals surface area (Å²) in [7, 11) is 0.857. The first-order chi connectivity index (χ1) is 7.88. The molecule has 1 aromatic heterocycles. The highest BCUT2D eigenvalue weighted by Crippen LogP contribution is 2.29. The molecule has 0 atom stereocenters. The van der Waals surface area contributed by atoms with E-state index in [4.69, 9.17) is 15.1 Å². The molecule has 0 aliphatic rings. The van der Waals surface area contributed by atoms with Gasteiger partial charge >= 0.3 is 20.9 Å². The smallest absolute Gasteiger partial charge is 0.387 e. The van der Waals surface area contributed by atoms with Crippen LogP contribution >= 0.6 is 10.7 Å². The number of halogens is 3. The first-order valence-electron chi connectivity index (χ1n) is 4.17. The second-order valence-electron chi connectivity index (χ2n) is 2.90.